The van der Waals surface area contributed by atoms with Crippen LogP contribution in [0, 0.1) is 6.92 Å². The van der Waals surface area contributed by atoms with Crippen LogP contribution in [0.2, 0.25) is 0 Å². The van der Waals surface area contributed by atoms with Gasteiger partial charge >= 0.3 is 6.03 Å². The van der Waals surface area contributed by atoms with Crippen molar-refractivity contribution in [3.63, 3.8) is 0 Å². The van der Waals surface area contributed by atoms with Crippen molar-refractivity contribution in [3.8, 4) is 0 Å². The number of aromatic nitrogens is 1. The molecule has 5 heteroatoms. The summed E-state index contributed by atoms with van der Waals surface area (Å²) in [4.78, 5) is 21.8. The zero-order valence-electron chi connectivity index (χ0n) is 11.5. The Kier molecular flexibility index (Phi) is 2.89. The summed E-state index contributed by atoms with van der Waals surface area (Å²) in [5, 5.41) is 1.04. The highest BCUT2D eigenvalue weighted by Gasteiger charge is 2.33. The number of fused-ring (bicyclic) bond motifs is 1. The minimum atomic E-state index is -0.267. The van der Waals surface area contributed by atoms with E-state index in [-0.39, 0.29) is 12.1 Å². The van der Waals surface area contributed by atoms with Crippen molar-refractivity contribution in [1.82, 2.24) is 9.88 Å². The van der Waals surface area contributed by atoms with Gasteiger partial charge in [-0.05, 0) is 37.6 Å². The first-order valence-electron chi connectivity index (χ1n) is 6.62. The Balaban J connectivity index is 2.08. The molecule has 2 heterocycles. The van der Waals surface area contributed by atoms with Crippen molar-refractivity contribution in [3.05, 3.63) is 41.6 Å². The molecular weight excluding hydrogens is 252 g/mol. The van der Waals surface area contributed by atoms with Crippen LogP contribution in [0.25, 0.3) is 10.9 Å². The first-order chi connectivity index (χ1) is 9.60. The number of amidine groups is 1. The largest absolute Gasteiger partial charge is 0.385 e. The van der Waals surface area contributed by atoms with E-state index >= 15 is 0 Å². The van der Waals surface area contributed by atoms with Crippen molar-refractivity contribution in [2.24, 2.45) is 10.7 Å². The maximum Gasteiger partial charge on any atom is 0.346 e. The number of pyridine rings is 1. The Morgan fingerprint density at radius 2 is 2.10 bits per heavy atom. The highest BCUT2D eigenvalue weighted by molar-refractivity contribution is 6.03. The lowest BCUT2D eigenvalue weighted by molar-refractivity contribution is 0.210. The number of hydrogen-bond acceptors (Lipinski definition) is 3. The molecule has 0 saturated heterocycles. The lowest BCUT2D eigenvalue weighted by atomic mass is 10.0. The zero-order chi connectivity index (χ0) is 14.3. The van der Waals surface area contributed by atoms with Crippen LogP contribution in [0.15, 0.2) is 35.3 Å². The van der Waals surface area contributed by atoms with E-state index in [9.17, 15) is 4.79 Å². The molecule has 0 bridgehead atoms. The molecule has 1 aliphatic heterocycles. The van der Waals surface area contributed by atoms with Gasteiger partial charge in [-0.25, -0.2) is 4.79 Å². The fourth-order valence-corrected chi connectivity index (χ4v) is 2.59. The fraction of sp³-hybridized carbons (Fsp3) is 0.267. The van der Waals surface area contributed by atoms with Crippen LogP contribution in [0.5, 0.6) is 0 Å². The standard InChI is InChI=1S/C15H16N4O/c1-3-19-13(14(16)18-15(19)20)11-6-7-12-10(8-11)5-4-9(2)17-12/h4-8,13H,3H2,1-2H3,(H2,16,18,20). The van der Waals surface area contributed by atoms with Gasteiger partial charge in [0.15, 0.2) is 0 Å². The molecule has 0 spiro atoms. The molecule has 2 N–H and O–H groups in total. The third-order valence-corrected chi connectivity index (χ3v) is 3.57. The van der Waals surface area contributed by atoms with Crippen LogP contribution >= 0.6 is 0 Å². The number of urea groups is 1. The summed E-state index contributed by atoms with van der Waals surface area (Å²) in [5.74, 6) is 0.358. The van der Waals surface area contributed by atoms with E-state index in [1.54, 1.807) is 4.90 Å². The normalized spacial score (nSPS) is 18.7. The van der Waals surface area contributed by atoms with E-state index in [1.165, 1.54) is 0 Å². The van der Waals surface area contributed by atoms with E-state index in [2.05, 4.69) is 9.98 Å². The number of benzene rings is 1. The molecule has 1 aromatic heterocycles. The maximum atomic E-state index is 11.8. The number of likely N-dealkylation sites (N-methyl/N-ethyl adjacent to an activating group) is 1. The van der Waals surface area contributed by atoms with Crippen LogP contribution in [0.4, 0.5) is 4.79 Å². The van der Waals surface area contributed by atoms with E-state index in [0.717, 1.165) is 22.2 Å². The molecule has 1 atom stereocenters. The molecule has 102 valence electrons. The molecule has 1 unspecified atom stereocenters. The van der Waals surface area contributed by atoms with E-state index in [1.807, 2.05) is 44.2 Å². The second-order valence-corrected chi connectivity index (χ2v) is 4.91. The minimum absolute atomic E-state index is 0.266. The maximum absolute atomic E-state index is 11.8. The monoisotopic (exact) mass is 268 g/mol. The number of carbonyl (C=O) groups excluding carboxylic acids is 1. The average Bonchev–Trinajstić information content (AvgIpc) is 2.72. The quantitative estimate of drug-likeness (QED) is 0.909. The van der Waals surface area contributed by atoms with E-state index in [4.69, 9.17) is 5.73 Å². The first kappa shape index (κ1) is 12.6. The molecule has 2 amide bonds. The Labute approximate surface area is 117 Å². The van der Waals surface area contributed by atoms with Gasteiger partial charge in [0.2, 0.25) is 0 Å². The van der Waals surface area contributed by atoms with E-state index in [0.29, 0.717) is 12.4 Å². The van der Waals surface area contributed by atoms with Crippen LogP contribution in [0.1, 0.15) is 24.2 Å². The second kappa shape index (κ2) is 4.59. The topological polar surface area (TPSA) is 71.6 Å². The number of hydrogen-bond donors (Lipinski definition) is 1. The smallest absolute Gasteiger partial charge is 0.346 e. The second-order valence-electron chi connectivity index (χ2n) is 4.91. The lowest BCUT2D eigenvalue weighted by Gasteiger charge is -2.23. The van der Waals surface area contributed by atoms with Gasteiger partial charge in [0, 0.05) is 17.6 Å². The molecule has 0 radical (unpaired) electrons. The third kappa shape index (κ3) is 1.91. The van der Waals surface area contributed by atoms with Crippen molar-refractivity contribution in [1.29, 1.82) is 0 Å². The Hall–Kier alpha value is -2.43. The fourth-order valence-electron chi connectivity index (χ4n) is 2.59. The molecule has 1 aromatic carbocycles. The van der Waals surface area contributed by atoms with Crippen LogP contribution in [-0.4, -0.2) is 28.3 Å². The summed E-state index contributed by atoms with van der Waals surface area (Å²) >= 11 is 0. The number of rotatable bonds is 2. The Bertz CT molecular complexity index is 723. The number of amides is 2. The van der Waals surface area contributed by atoms with E-state index < -0.39 is 0 Å². The molecule has 1 aliphatic rings. The van der Waals surface area contributed by atoms with Crippen molar-refractivity contribution < 1.29 is 4.79 Å². The van der Waals surface area contributed by atoms with Gasteiger partial charge in [0.25, 0.3) is 0 Å². The Morgan fingerprint density at radius 1 is 1.30 bits per heavy atom. The van der Waals surface area contributed by atoms with Gasteiger partial charge in [-0.2, -0.15) is 4.99 Å². The predicted molar refractivity (Wildman–Crippen MR) is 78.6 cm³/mol. The van der Waals surface area contributed by atoms with Crippen LogP contribution < -0.4 is 5.73 Å². The lowest BCUT2D eigenvalue weighted by Crippen LogP contribution is -2.33. The highest BCUT2D eigenvalue weighted by Crippen LogP contribution is 2.28. The molecule has 0 saturated carbocycles. The number of nitrogens with zero attached hydrogens (tertiary/aromatic N) is 3. The van der Waals surface area contributed by atoms with Gasteiger partial charge < -0.3 is 10.6 Å². The van der Waals surface area contributed by atoms with Gasteiger partial charge in [0.1, 0.15) is 11.9 Å². The molecule has 20 heavy (non-hydrogen) atoms. The number of aliphatic imine (C=N–C) groups is 1. The summed E-state index contributed by atoms with van der Waals surface area (Å²) in [5.41, 5.74) is 8.80. The van der Waals surface area contributed by atoms with Gasteiger partial charge in [-0.1, -0.05) is 12.1 Å². The summed E-state index contributed by atoms with van der Waals surface area (Å²) in [6, 6.07) is 9.42. The van der Waals surface area contributed by atoms with Crippen molar-refractivity contribution in [2.75, 3.05) is 6.54 Å². The number of nitrogens with two attached hydrogens (primary N) is 1. The number of aryl methyl sites for hydroxylation is 1. The van der Waals surface area contributed by atoms with Crippen molar-refractivity contribution >= 4 is 22.8 Å². The SMILES string of the molecule is CCN1C(=O)N=C(N)C1c1ccc2nc(C)ccc2c1. The Morgan fingerprint density at radius 3 is 2.85 bits per heavy atom. The molecule has 2 aromatic rings. The summed E-state index contributed by atoms with van der Waals surface area (Å²) in [6.45, 7) is 4.47. The van der Waals surface area contributed by atoms with Gasteiger partial charge in [-0.15, -0.1) is 0 Å². The molecule has 5 nitrogen and oxygen atoms in total. The van der Waals surface area contributed by atoms with Gasteiger partial charge in [-0.3, -0.25) is 4.98 Å². The summed E-state index contributed by atoms with van der Waals surface area (Å²) < 4.78 is 0. The molecular formula is C15H16N4O. The molecule has 0 fully saturated rings. The predicted octanol–water partition coefficient (Wildman–Crippen LogP) is 2.40. The summed E-state index contributed by atoms with van der Waals surface area (Å²) in [6.07, 6.45) is 0. The summed E-state index contributed by atoms with van der Waals surface area (Å²) in [7, 11) is 0. The molecule has 0 aliphatic carbocycles. The van der Waals surface area contributed by atoms with Crippen LogP contribution in [0.3, 0.4) is 0 Å². The zero-order valence-corrected chi connectivity index (χ0v) is 11.5. The third-order valence-electron chi connectivity index (χ3n) is 3.57. The highest BCUT2D eigenvalue weighted by atomic mass is 16.2. The first-order valence-corrected chi connectivity index (χ1v) is 6.62. The number of carbonyl (C=O) groups is 1. The van der Waals surface area contributed by atoms with Crippen molar-refractivity contribution in [2.45, 2.75) is 19.9 Å². The van der Waals surface area contributed by atoms with Gasteiger partial charge in [0.05, 0.1) is 5.52 Å². The average molecular weight is 268 g/mol. The minimum Gasteiger partial charge on any atom is -0.385 e. The molecule has 3 rings (SSSR count). The van der Waals surface area contributed by atoms with Crippen LogP contribution in [-0.2, 0) is 0 Å².